The van der Waals surface area contributed by atoms with E-state index in [-0.39, 0.29) is 17.0 Å². The molecule has 2 aliphatic rings. The number of sulfonamides is 1. The normalized spacial score (nSPS) is 24.7. The lowest BCUT2D eigenvalue weighted by atomic mass is 10.1. The number of methoxy groups -OCH3 is 1. The first-order valence-electron chi connectivity index (χ1n) is 10.1. The zero-order valence-electron chi connectivity index (χ0n) is 17.4. The molecule has 4 rings (SSSR count). The van der Waals surface area contributed by atoms with E-state index in [2.05, 4.69) is 0 Å². The van der Waals surface area contributed by atoms with Crippen molar-refractivity contribution in [2.75, 3.05) is 7.11 Å². The Labute approximate surface area is 178 Å². The van der Waals surface area contributed by atoms with Crippen LogP contribution in [-0.4, -0.2) is 45.6 Å². The summed E-state index contributed by atoms with van der Waals surface area (Å²) < 4.78 is 60.4. The fourth-order valence-electron chi connectivity index (χ4n) is 4.77. The Morgan fingerprint density at radius 2 is 1.47 bits per heavy atom. The molecule has 2 aromatic carbocycles. The van der Waals surface area contributed by atoms with E-state index in [0.717, 1.165) is 11.1 Å². The topological polar surface area (TPSA) is 80.8 Å². The molecule has 2 fully saturated rings. The van der Waals surface area contributed by atoms with E-state index in [1.165, 1.54) is 7.11 Å². The van der Waals surface area contributed by atoms with E-state index in [0.29, 0.717) is 36.3 Å². The lowest BCUT2D eigenvalue weighted by Gasteiger charge is -2.37. The summed E-state index contributed by atoms with van der Waals surface area (Å²) in [7, 11) is -5.82. The second-order valence-corrected chi connectivity index (χ2v) is 12.3. The lowest BCUT2D eigenvalue weighted by molar-refractivity contribution is 0.248. The van der Waals surface area contributed by atoms with E-state index in [9.17, 15) is 16.8 Å². The summed E-state index contributed by atoms with van der Waals surface area (Å²) in [5.41, 5.74) is 1.84. The van der Waals surface area contributed by atoms with Crippen LogP contribution in [0, 0.1) is 13.8 Å². The van der Waals surface area contributed by atoms with Crippen LogP contribution in [0.15, 0.2) is 52.3 Å². The van der Waals surface area contributed by atoms with Crippen molar-refractivity contribution in [2.45, 2.75) is 66.7 Å². The minimum absolute atomic E-state index is 0.161. The van der Waals surface area contributed by atoms with Crippen molar-refractivity contribution in [3.05, 3.63) is 53.6 Å². The van der Waals surface area contributed by atoms with Gasteiger partial charge in [-0.3, -0.25) is 0 Å². The third-order valence-corrected chi connectivity index (χ3v) is 10.7. The number of piperidine rings is 1. The Bertz CT molecular complexity index is 1150. The van der Waals surface area contributed by atoms with Crippen molar-refractivity contribution >= 4 is 19.9 Å². The largest absolute Gasteiger partial charge is 0.495 e. The van der Waals surface area contributed by atoms with Gasteiger partial charge in [0.05, 0.1) is 17.3 Å². The zero-order valence-corrected chi connectivity index (χ0v) is 19.0. The Balaban J connectivity index is 1.67. The van der Waals surface area contributed by atoms with Gasteiger partial charge in [-0.15, -0.1) is 0 Å². The third kappa shape index (κ3) is 3.44. The summed E-state index contributed by atoms with van der Waals surface area (Å²) in [4.78, 5) is 0.468. The first-order chi connectivity index (χ1) is 14.2. The summed E-state index contributed by atoms with van der Waals surface area (Å²) >= 11 is 0. The van der Waals surface area contributed by atoms with Crippen molar-refractivity contribution in [1.82, 2.24) is 4.31 Å². The molecule has 2 atom stereocenters. The maximum Gasteiger partial charge on any atom is 0.247 e. The van der Waals surface area contributed by atoms with E-state index in [1.807, 2.05) is 13.8 Å². The second-order valence-electron chi connectivity index (χ2n) is 8.26. The van der Waals surface area contributed by atoms with Crippen LogP contribution in [0.4, 0.5) is 0 Å². The van der Waals surface area contributed by atoms with Gasteiger partial charge in [0.15, 0.2) is 9.84 Å². The van der Waals surface area contributed by atoms with Crippen molar-refractivity contribution < 1.29 is 21.6 Å². The molecule has 0 aromatic heterocycles. The molecule has 6 nitrogen and oxygen atoms in total. The molecule has 2 bridgehead atoms. The molecule has 0 N–H and O–H groups in total. The lowest BCUT2D eigenvalue weighted by Crippen LogP contribution is -2.49. The van der Waals surface area contributed by atoms with Crippen molar-refractivity contribution in [3.8, 4) is 5.75 Å². The van der Waals surface area contributed by atoms with Gasteiger partial charge in [-0.25, -0.2) is 16.8 Å². The molecular formula is C22H27NO5S2. The quantitative estimate of drug-likeness (QED) is 0.698. The van der Waals surface area contributed by atoms with Gasteiger partial charge >= 0.3 is 0 Å². The van der Waals surface area contributed by atoms with Crippen LogP contribution in [0.1, 0.15) is 36.8 Å². The first kappa shape index (κ1) is 21.3. The molecule has 0 radical (unpaired) electrons. The average Bonchev–Trinajstić information content (AvgIpc) is 3.01. The highest BCUT2D eigenvalue weighted by molar-refractivity contribution is 7.92. The maximum atomic E-state index is 13.6. The molecule has 2 aliphatic heterocycles. The number of rotatable bonds is 5. The maximum absolute atomic E-state index is 13.6. The number of nitrogens with zero attached hydrogens (tertiary/aromatic N) is 1. The van der Waals surface area contributed by atoms with Crippen LogP contribution in [0.25, 0.3) is 0 Å². The summed E-state index contributed by atoms with van der Waals surface area (Å²) in [6.45, 7) is 3.79. The van der Waals surface area contributed by atoms with Crippen molar-refractivity contribution in [2.24, 2.45) is 0 Å². The predicted octanol–water partition coefficient (Wildman–Crippen LogP) is 3.47. The molecule has 8 heteroatoms. The molecule has 0 amide bonds. The molecule has 162 valence electrons. The Morgan fingerprint density at radius 1 is 0.900 bits per heavy atom. The van der Waals surface area contributed by atoms with Gasteiger partial charge in [-0.1, -0.05) is 18.2 Å². The highest BCUT2D eigenvalue weighted by atomic mass is 32.2. The van der Waals surface area contributed by atoms with Gasteiger partial charge in [-0.2, -0.15) is 4.31 Å². The summed E-state index contributed by atoms with van der Waals surface area (Å²) in [5, 5.41) is -0.564. The van der Waals surface area contributed by atoms with Crippen molar-refractivity contribution in [3.63, 3.8) is 0 Å². The molecule has 2 unspecified atom stereocenters. The summed E-state index contributed by atoms with van der Waals surface area (Å²) in [6, 6.07) is 11.2. The molecule has 2 heterocycles. The standard InChI is InChI=1S/C22H27NO5S2/c1-15-11-21(28-3)22(12-16(15)2)30(26,27)23-17-9-10-18(23)14-20(13-17)29(24,25)19-7-5-4-6-8-19/h4-8,11-12,17-18,20H,9-10,13-14H2,1-3H3. The second kappa shape index (κ2) is 7.66. The number of fused-ring (bicyclic) bond motifs is 2. The Morgan fingerprint density at radius 3 is 2.03 bits per heavy atom. The Kier molecular flexibility index (Phi) is 5.45. The third-order valence-electron chi connectivity index (χ3n) is 6.47. The van der Waals surface area contributed by atoms with Gasteiger partial charge in [-0.05, 0) is 74.9 Å². The van der Waals surface area contributed by atoms with E-state index in [1.54, 1.807) is 46.8 Å². The average molecular weight is 450 g/mol. The number of aryl methyl sites for hydroxylation is 2. The van der Waals surface area contributed by atoms with Crippen LogP contribution in [0.2, 0.25) is 0 Å². The van der Waals surface area contributed by atoms with Gasteiger partial charge in [0, 0.05) is 12.1 Å². The van der Waals surface area contributed by atoms with E-state index in [4.69, 9.17) is 4.74 Å². The van der Waals surface area contributed by atoms with Gasteiger partial charge in [0.25, 0.3) is 0 Å². The minimum atomic E-state index is -3.80. The van der Waals surface area contributed by atoms with Gasteiger partial charge in [0.1, 0.15) is 10.6 Å². The van der Waals surface area contributed by atoms with Crippen LogP contribution >= 0.6 is 0 Å². The van der Waals surface area contributed by atoms with Crippen LogP contribution in [-0.2, 0) is 19.9 Å². The molecule has 0 spiro atoms. The monoisotopic (exact) mass is 449 g/mol. The SMILES string of the molecule is COc1cc(C)c(C)cc1S(=O)(=O)N1C2CCC1CC(S(=O)(=O)c1ccccc1)C2. The van der Waals surface area contributed by atoms with Crippen LogP contribution in [0.3, 0.4) is 0 Å². The zero-order chi connectivity index (χ0) is 21.7. The van der Waals surface area contributed by atoms with Crippen molar-refractivity contribution in [1.29, 1.82) is 0 Å². The molecule has 0 saturated carbocycles. The summed E-state index contributed by atoms with van der Waals surface area (Å²) in [5.74, 6) is 0.330. The highest BCUT2D eigenvalue weighted by Gasteiger charge is 2.50. The summed E-state index contributed by atoms with van der Waals surface area (Å²) in [6.07, 6.45) is 2.00. The number of benzene rings is 2. The first-order valence-corrected chi connectivity index (χ1v) is 13.1. The number of hydrogen-bond acceptors (Lipinski definition) is 5. The highest BCUT2D eigenvalue weighted by Crippen LogP contribution is 2.44. The molecule has 0 aliphatic carbocycles. The smallest absolute Gasteiger partial charge is 0.247 e. The van der Waals surface area contributed by atoms with Crippen LogP contribution in [0.5, 0.6) is 5.75 Å². The fraction of sp³-hybridized carbons (Fsp3) is 0.455. The molecular weight excluding hydrogens is 422 g/mol. The van der Waals surface area contributed by atoms with Gasteiger partial charge in [0.2, 0.25) is 10.0 Å². The fourth-order valence-corrected chi connectivity index (χ4v) is 8.76. The number of sulfone groups is 1. The Hall–Kier alpha value is -1.90. The molecule has 2 aromatic rings. The number of ether oxygens (including phenoxy) is 1. The minimum Gasteiger partial charge on any atom is -0.495 e. The molecule has 30 heavy (non-hydrogen) atoms. The molecule has 2 saturated heterocycles. The predicted molar refractivity (Wildman–Crippen MR) is 115 cm³/mol. The van der Waals surface area contributed by atoms with E-state index < -0.39 is 25.1 Å². The van der Waals surface area contributed by atoms with Crippen LogP contribution < -0.4 is 4.74 Å². The van der Waals surface area contributed by atoms with E-state index >= 15 is 0 Å². The number of hydrogen-bond donors (Lipinski definition) is 0. The van der Waals surface area contributed by atoms with Gasteiger partial charge < -0.3 is 4.74 Å².